The molecule has 0 spiro atoms. The predicted octanol–water partition coefficient (Wildman–Crippen LogP) is 2.73. The Kier molecular flexibility index (Phi) is 2.16. The topological polar surface area (TPSA) is 20.2 Å². The van der Waals surface area contributed by atoms with Crippen LogP contribution in [0.1, 0.15) is 51.9 Å². The minimum Gasteiger partial charge on any atom is -0.389 e. The molecule has 1 nitrogen and oxygen atoms in total. The Balaban J connectivity index is 1.72. The van der Waals surface area contributed by atoms with Crippen molar-refractivity contribution in [3.05, 3.63) is 0 Å². The zero-order chi connectivity index (χ0) is 8.60. The highest BCUT2D eigenvalue weighted by Gasteiger charge is 2.64. The molecule has 0 aromatic rings. The van der Waals surface area contributed by atoms with Crippen LogP contribution in [0.2, 0.25) is 0 Å². The fraction of sp³-hybridized carbons (Fsp3) is 1.00. The van der Waals surface area contributed by atoms with Crippen LogP contribution < -0.4 is 0 Å². The Hall–Kier alpha value is -0.0400. The number of fused-ring (bicyclic) bond motifs is 1. The molecule has 0 heterocycles. The highest BCUT2D eigenvalue weighted by Crippen LogP contribution is 2.62. The molecular weight excluding hydrogens is 148 g/mol. The molecule has 0 aromatic heterocycles. The highest BCUT2D eigenvalue weighted by atomic mass is 16.3. The van der Waals surface area contributed by atoms with E-state index in [1.165, 1.54) is 38.5 Å². The fourth-order valence-electron chi connectivity index (χ4n) is 3.08. The van der Waals surface area contributed by atoms with Crippen LogP contribution in [0.25, 0.3) is 0 Å². The summed E-state index contributed by atoms with van der Waals surface area (Å²) in [5, 5.41) is 10.0. The van der Waals surface area contributed by atoms with Gasteiger partial charge in [0.2, 0.25) is 0 Å². The van der Waals surface area contributed by atoms with E-state index in [0.717, 1.165) is 6.42 Å². The first-order valence-electron chi connectivity index (χ1n) is 5.51. The van der Waals surface area contributed by atoms with Crippen molar-refractivity contribution in [2.75, 3.05) is 0 Å². The van der Waals surface area contributed by atoms with E-state index >= 15 is 0 Å². The largest absolute Gasteiger partial charge is 0.389 e. The van der Waals surface area contributed by atoms with Crippen molar-refractivity contribution >= 4 is 0 Å². The first-order chi connectivity index (χ1) is 5.79. The molecule has 1 heteroatoms. The van der Waals surface area contributed by atoms with E-state index in [4.69, 9.17) is 0 Å². The average molecular weight is 168 g/mol. The molecule has 1 N–H and O–H groups in total. The molecule has 70 valence electrons. The monoisotopic (exact) mass is 168 g/mol. The summed E-state index contributed by atoms with van der Waals surface area (Å²) in [6, 6.07) is 0. The van der Waals surface area contributed by atoms with E-state index in [2.05, 4.69) is 6.92 Å². The van der Waals surface area contributed by atoms with Crippen LogP contribution >= 0.6 is 0 Å². The Morgan fingerprint density at radius 2 is 2.25 bits per heavy atom. The Bertz CT molecular complexity index is 166. The van der Waals surface area contributed by atoms with Gasteiger partial charge in [-0.3, -0.25) is 0 Å². The third-order valence-electron chi connectivity index (χ3n) is 3.87. The van der Waals surface area contributed by atoms with E-state index < -0.39 is 0 Å². The molecule has 0 bridgehead atoms. The van der Waals surface area contributed by atoms with E-state index in [9.17, 15) is 5.11 Å². The quantitative estimate of drug-likeness (QED) is 0.640. The molecule has 0 saturated heterocycles. The third kappa shape index (κ3) is 1.19. The van der Waals surface area contributed by atoms with Gasteiger partial charge in [-0.25, -0.2) is 0 Å². The second kappa shape index (κ2) is 3.02. The number of hydrogen-bond donors (Lipinski definition) is 1. The summed E-state index contributed by atoms with van der Waals surface area (Å²) in [6.45, 7) is 2.24. The molecule has 2 fully saturated rings. The lowest BCUT2D eigenvalue weighted by Crippen LogP contribution is -2.08. The lowest BCUT2D eigenvalue weighted by Gasteiger charge is -2.06. The maximum absolute atomic E-state index is 10.0. The first-order valence-corrected chi connectivity index (χ1v) is 5.51. The Labute approximate surface area is 75.2 Å². The molecule has 2 aliphatic rings. The van der Waals surface area contributed by atoms with Crippen molar-refractivity contribution in [3.63, 3.8) is 0 Å². The molecule has 2 aliphatic carbocycles. The molecule has 2 saturated carbocycles. The molecule has 3 atom stereocenters. The van der Waals surface area contributed by atoms with Crippen molar-refractivity contribution in [2.24, 2.45) is 11.8 Å². The van der Waals surface area contributed by atoms with Crippen LogP contribution in [-0.4, -0.2) is 10.7 Å². The van der Waals surface area contributed by atoms with E-state index in [-0.39, 0.29) is 5.60 Å². The fourth-order valence-corrected chi connectivity index (χ4v) is 3.08. The zero-order valence-corrected chi connectivity index (χ0v) is 8.05. The smallest absolute Gasteiger partial charge is 0.0711 e. The molecule has 2 rings (SSSR count). The van der Waals surface area contributed by atoms with Gasteiger partial charge in [-0.2, -0.15) is 0 Å². The number of unbranched alkanes of at least 4 members (excludes halogenated alkanes) is 2. The van der Waals surface area contributed by atoms with Crippen LogP contribution in [0.4, 0.5) is 0 Å². The van der Waals surface area contributed by atoms with Crippen LogP contribution in [0.3, 0.4) is 0 Å². The van der Waals surface area contributed by atoms with Crippen LogP contribution in [0, 0.1) is 11.8 Å². The normalized spacial score (nSPS) is 44.5. The van der Waals surface area contributed by atoms with Gasteiger partial charge >= 0.3 is 0 Å². The summed E-state index contributed by atoms with van der Waals surface area (Å²) in [4.78, 5) is 0. The average Bonchev–Trinajstić information content (AvgIpc) is 2.41. The van der Waals surface area contributed by atoms with Gasteiger partial charge < -0.3 is 5.11 Å². The lowest BCUT2D eigenvalue weighted by molar-refractivity contribution is 0.123. The van der Waals surface area contributed by atoms with Gasteiger partial charge in [0.25, 0.3) is 0 Å². The summed E-state index contributed by atoms with van der Waals surface area (Å²) in [6.07, 6.45) is 8.93. The molecule has 0 aliphatic heterocycles. The van der Waals surface area contributed by atoms with Crippen molar-refractivity contribution in [1.29, 1.82) is 0 Å². The summed E-state index contributed by atoms with van der Waals surface area (Å²) >= 11 is 0. The molecule has 12 heavy (non-hydrogen) atoms. The van der Waals surface area contributed by atoms with E-state index in [1.54, 1.807) is 0 Å². The second-order valence-electron chi connectivity index (χ2n) is 4.59. The van der Waals surface area contributed by atoms with Crippen molar-refractivity contribution in [2.45, 2.75) is 57.5 Å². The summed E-state index contributed by atoms with van der Waals surface area (Å²) < 4.78 is 0. The maximum Gasteiger partial charge on any atom is 0.0711 e. The van der Waals surface area contributed by atoms with Gasteiger partial charge in [-0.05, 0) is 31.1 Å². The summed E-state index contributed by atoms with van der Waals surface area (Å²) in [5.41, 5.74) is -0.173. The van der Waals surface area contributed by atoms with Crippen LogP contribution in [0.15, 0.2) is 0 Å². The SMILES string of the molecule is CCCCCC1C2CCCC12O. The van der Waals surface area contributed by atoms with Gasteiger partial charge in [0, 0.05) is 0 Å². The molecule has 0 radical (unpaired) electrons. The lowest BCUT2D eigenvalue weighted by atomic mass is 10.0. The molecule has 0 amide bonds. The van der Waals surface area contributed by atoms with Crippen molar-refractivity contribution in [1.82, 2.24) is 0 Å². The van der Waals surface area contributed by atoms with Gasteiger partial charge in [0.15, 0.2) is 0 Å². The van der Waals surface area contributed by atoms with Crippen molar-refractivity contribution < 1.29 is 5.11 Å². The number of aliphatic hydroxyl groups is 1. The Morgan fingerprint density at radius 1 is 1.42 bits per heavy atom. The second-order valence-corrected chi connectivity index (χ2v) is 4.59. The predicted molar refractivity (Wildman–Crippen MR) is 49.9 cm³/mol. The standard InChI is InChI=1S/C11H20O/c1-2-3-4-6-9-10-7-5-8-11(9,10)12/h9-10,12H,2-8H2,1H3. The number of rotatable bonds is 4. The minimum atomic E-state index is -0.173. The van der Waals surface area contributed by atoms with Crippen LogP contribution in [0.5, 0.6) is 0 Å². The van der Waals surface area contributed by atoms with E-state index in [0.29, 0.717) is 11.8 Å². The zero-order valence-electron chi connectivity index (χ0n) is 8.05. The maximum atomic E-state index is 10.0. The highest BCUT2D eigenvalue weighted by molar-refractivity contribution is 5.15. The first kappa shape index (κ1) is 8.55. The van der Waals surface area contributed by atoms with Crippen LogP contribution in [-0.2, 0) is 0 Å². The molecule has 3 unspecified atom stereocenters. The van der Waals surface area contributed by atoms with Gasteiger partial charge in [0.1, 0.15) is 0 Å². The van der Waals surface area contributed by atoms with Gasteiger partial charge in [-0.1, -0.05) is 32.6 Å². The number of hydrogen-bond acceptors (Lipinski definition) is 1. The summed E-state index contributed by atoms with van der Waals surface area (Å²) in [5.74, 6) is 1.40. The van der Waals surface area contributed by atoms with Crippen molar-refractivity contribution in [3.8, 4) is 0 Å². The van der Waals surface area contributed by atoms with Gasteiger partial charge in [-0.15, -0.1) is 0 Å². The molecular formula is C11H20O. The minimum absolute atomic E-state index is 0.173. The molecule has 0 aromatic carbocycles. The Morgan fingerprint density at radius 3 is 2.83 bits per heavy atom. The third-order valence-corrected chi connectivity index (χ3v) is 3.87. The van der Waals surface area contributed by atoms with E-state index in [1.807, 2.05) is 0 Å². The summed E-state index contributed by atoms with van der Waals surface area (Å²) in [7, 11) is 0. The van der Waals surface area contributed by atoms with Gasteiger partial charge in [0.05, 0.1) is 5.60 Å².